The molecule has 0 saturated carbocycles. The van der Waals surface area contributed by atoms with Crippen LogP contribution in [0.2, 0.25) is 0 Å². The Bertz CT molecular complexity index is 405. The maximum Gasteiger partial charge on any atom is 0.224 e. The van der Waals surface area contributed by atoms with E-state index in [0.717, 1.165) is 6.42 Å². The molecule has 0 aromatic carbocycles. The molecular formula is C12H26ClN3O4S. The van der Waals surface area contributed by atoms with Gasteiger partial charge in [-0.05, 0) is 19.3 Å². The summed E-state index contributed by atoms with van der Waals surface area (Å²) >= 11 is 0. The van der Waals surface area contributed by atoms with E-state index in [-0.39, 0.29) is 36.5 Å². The van der Waals surface area contributed by atoms with Gasteiger partial charge < -0.3 is 15.8 Å². The highest BCUT2D eigenvalue weighted by Gasteiger charge is 2.31. The Morgan fingerprint density at radius 1 is 1.48 bits per heavy atom. The lowest BCUT2D eigenvalue weighted by atomic mass is 9.99. The molecule has 1 saturated heterocycles. The van der Waals surface area contributed by atoms with Crippen molar-refractivity contribution in [2.45, 2.75) is 19.3 Å². The van der Waals surface area contributed by atoms with Crippen LogP contribution in [0.4, 0.5) is 0 Å². The van der Waals surface area contributed by atoms with Crippen LogP contribution in [0.15, 0.2) is 0 Å². The fourth-order valence-corrected chi connectivity index (χ4v) is 3.82. The summed E-state index contributed by atoms with van der Waals surface area (Å²) in [5, 5.41) is 2.72. The average Bonchev–Trinajstić information content (AvgIpc) is 2.45. The number of hydrogen-bond acceptors (Lipinski definition) is 5. The average molecular weight is 344 g/mol. The van der Waals surface area contributed by atoms with Crippen LogP contribution in [-0.2, 0) is 19.6 Å². The minimum atomic E-state index is -3.29. The zero-order chi connectivity index (χ0) is 15.0. The molecule has 3 N–H and O–H groups in total. The second-order valence-corrected chi connectivity index (χ2v) is 7.03. The molecule has 1 unspecified atom stereocenters. The van der Waals surface area contributed by atoms with E-state index < -0.39 is 10.0 Å². The molecule has 0 bridgehead atoms. The Kier molecular flexibility index (Phi) is 10.1. The van der Waals surface area contributed by atoms with Crippen molar-refractivity contribution in [1.29, 1.82) is 0 Å². The fraction of sp³-hybridized carbons (Fsp3) is 0.917. The number of carbonyl (C=O) groups excluding carboxylic acids is 1. The van der Waals surface area contributed by atoms with E-state index >= 15 is 0 Å². The number of rotatable bonds is 8. The van der Waals surface area contributed by atoms with Gasteiger partial charge in [-0.15, -0.1) is 12.4 Å². The van der Waals surface area contributed by atoms with E-state index in [1.54, 1.807) is 7.11 Å². The van der Waals surface area contributed by atoms with Gasteiger partial charge in [0.15, 0.2) is 0 Å². The number of methoxy groups -OCH3 is 1. The summed E-state index contributed by atoms with van der Waals surface area (Å²) in [5.74, 6) is -0.308. The van der Waals surface area contributed by atoms with Crippen molar-refractivity contribution in [2.24, 2.45) is 11.7 Å². The Labute approximate surface area is 133 Å². The van der Waals surface area contributed by atoms with Gasteiger partial charge in [0, 0.05) is 39.9 Å². The van der Waals surface area contributed by atoms with Gasteiger partial charge in [-0.3, -0.25) is 4.79 Å². The van der Waals surface area contributed by atoms with E-state index in [4.69, 9.17) is 10.5 Å². The molecule has 1 rings (SSSR count). The SMILES string of the molecule is COCCCS(=O)(=O)N1CCCC(C(=O)NCCN)C1.Cl. The van der Waals surface area contributed by atoms with Gasteiger partial charge in [0.05, 0.1) is 11.7 Å². The van der Waals surface area contributed by atoms with Gasteiger partial charge in [0.25, 0.3) is 0 Å². The largest absolute Gasteiger partial charge is 0.385 e. The summed E-state index contributed by atoms with van der Waals surface area (Å²) in [4.78, 5) is 11.9. The van der Waals surface area contributed by atoms with E-state index in [1.165, 1.54) is 4.31 Å². The van der Waals surface area contributed by atoms with E-state index in [9.17, 15) is 13.2 Å². The van der Waals surface area contributed by atoms with Crippen LogP contribution in [0.1, 0.15) is 19.3 Å². The van der Waals surface area contributed by atoms with Crippen LogP contribution in [0.5, 0.6) is 0 Å². The van der Waals surface area contributed by atoms with Gasteiger partial charge in [0.2, 0.25) is 15.9 Å². The second kappa shape index (κ2) is 10.3. The molecular weight excluding hydrogens is 318 g/mol. The number of nitrogens with zero attached hydrogens (tertiary/aromatic N) is 1. The number of carbonyl (C=O) groups is 1. The van der Waals surface area contributed by atoms with Crippen molar-refractivity contribution in [3.05, 3.63) is 0 Å². The standard InChI is InChI=1S/C12H25N3O4S.ClH/c1-19-8-3-9-20(17,18)15-7-2-4-11(10-15)12(16)14-6-5-13;/h11H,2-10,13H2,1H3,(H,14,16);1H. The molecule has 9 heteroatoms. The van der Waals surface area contributed by atoms with Crippen molar-refractivity contribution in [1.82, 2.24) is 9.62 Å². The number of nitrogens with one attached hydrogen (secondary N) is 1. The van der Waals surface area contributed by atoms with Gasteiger partial charge in [-0.2, -0.15) is 0 Å². The molecule has 7 nitrogen and oxygen atoms in total. The highest BCUT2D eigenvalue weighted by molar-refractivity contribution is 7.89. The van der Waals surface area contributed by atoms with Crippen LogP contribution in [0.3, 0.4) is 0 Å². The molecule has 0 aliphatic carbocycles. The third-order valence-electron chi connectivity index (χ3n) is 3.34. The third kappa shape index (κ3) is 6.92. The first kappa shape index (κ1) is 20.6. The lowest BCUT2D eigenvalue weighted by molar-refractivity contribution is -0.126. The lowest BCUT2D eigenvalue weighted by Gasteiger charge is -2.31. The summed E-state index contributed by atoms with van der Waals surface area (Å²) < 4.78 is 30.6. The fourth-order valence-electron chi connectivity index (χ4n) is 2.26. The minimum Gasteiger partial charge on any atom is -0.385 e. The molecule has 1 atom stereocenters. The highest BCUT2D eigenvalue weighted by atomic mass is 35.5. The first-order chi connectivity index (χ1) is 9.51. The summed E-state index contributed by atoms with van der Waals surface area (Å²) in [6.45, 7) is 2.00. The number of sulfonamides is 1. The molecule has 21 heavy (non-hydrogen) atoms. The van der Waals surface area contributed by atoms with E-state index in [0.29, 0.717) is 39.1 Å². The summed E-state index contributed by atoms with van der Waals surface area (Å²) in [5.41, 5.74) is 5.34. The number of nitrogens with two attached hydrogens (primary N) is 1. The minimum absolute atomic E-state index is 0. The van der Waals surface area contributed by atoms with Crippen molar-refractivity contribution in [3.63, 3.8) is 0 Å². The number of halogens is 1. The normalized spacial score (nSPS) is 19.8. The van der Waals surface area contributed by atoms with Crippen molar-refractivity contribution in [2.75, 3.05) is 45.6 Å². The Hall–Kier alpha value is -0.410. The Morgan fingerprint density at radius 3 is 2.81 bits per heavy atom. The predicted molar refractivity (Wildman–Crippen MR) is 83.9 cm³/mol. The highest BCUT2D eigenvalue weighted by Crippen LogP contribution is 2.20. The molecule has 0 aromatic heterocycles. The van der Waals surface area contributed by atoms with Crippen LogP contribution in [0, 0.1) is 5.92 Å². The van der Waals surface area contributed by atoms with E-state index in [1.807, 2.05) is 0 Å². The Balaban J connectivity index is 0.00000400. The topological polar surface area (TPSA) is 102 Å². The molecule has 0 aromatic rings. The quantitative estimate of drug-likeness (QED) is 0.582. The van der Waals surface area contributed by atoms with Gasteiger partial charge in [-0.1, -0.05) is 0 Å². The molecule has 1 aliphatic rings. The van der Waals surface area contributed by atoms with Gasteiger partial charge in [0.1, 0.15) is 0 Å². The number of hydrogen-bond donors (Lipinski definition) is 2. The zero-order valence-electron chi connectivity index (χ0n) is 12.4. The summed E-state index contributed by atoms with van der Waals surface area (Å²) in [6, 6.07) is 0. The maximum absolute atomic E-state index is 12.2. The number of piperidine rings is 1. The monoisotopic (exact) mass is 343 g/mol. The predicted octanol–water partition coefficient (Wildman–Crippen LogP) is -0.439. The molecule has 1 amide bonds. The van der Waals surface area contributed by atoms with Crippen LogP contribution in [-0.4, -0.2) is 64.3 Å². The molecule has 0 spiro atoms. The lowest BCUT2D eigenvalue weighted by Crippen LogP contribution is -2.46. The third-order valence-corrected chi connectivity index (χ3v) is 5.27. The molecule has 1 fully saturated rings. The summed E-state index contributed by atoms with van der Waals surface area (Å²) in [6.07, 6.45) is 1.91. The van der Waals surface area contributed by atoms with Crippen LogP contribution < -0.4 is 11.1 Å². The molecule has 0 radical (unpaired) electrons. The molecule has 1 heterocycles. The number of ether oxygens (including phenoxy) is 1. The second-order valence-electron chi connectivity index (χ2n) is 4.94. The molecule has 126 valence electrons. The van der Waals surface area contributed by atoms with Gasteiger partial charge in [-0.25, -0.2) is 12.7 Å². The smallest absolute Gasteiger partial charge is 0.224 e. The maximum atomic E-state index is 12.2. The number of amides is 1. The van der Waals surface area contributed by atoms with Gasteiger partial charge >= 0.3 is 0 Å². The van der Waals surface area contributed by atoms with Crippen LogP contribution >= 0.6 is 12.4 Å². The first-order valence-corrected chi connectivity index (χ1v) is 8.56. The Morgan fingerprint density at radius 2 is 2.19 bits per heavy atom. The van der Waals surface area contributed by atoms with Crippen molar-refractivity contribution >= 4 is 28.3 Å². The molecule has 1 aliphatic heterocycles. The van der Waals surface area contributed by atoms with E-state index in [2.05, 4.69) is 5.32 Å². The zero-order valence-corrected chi connectivity index (χ0v) is 14.0. The van der Waals surface area contributed by atoms with Crippen molar-refractivity contribution in [3.8, 4) is 0 Å². The first-order valence-electron chi connectivity index (χ1n) is 6.96. The van der Waals surface area contributed by atoms with Crippen molar-refractivity contribution < 1.29 is 17.9 Å². The summed E-state index contributed by atoms with van der Waals surface area (Å²) in [7, 11) is -1.75. The van der Waals surface area contributed by atoms with Crippen LogP contribution in [0.25, 0.3) is 0 Å².